The van der Waals surface area contributed by atoms with Crippen LogP contribution in [0.2, 0.25) is 0 Å². The van der Waals surface area contributed by atoms with Gasteiger partial charge in [-0.25, -0.2) is 0 Å². The van der Waals surface area contributed by atoms with Crippen molar-refractivity contribution < 1.29 is 9.63 Å². The number of hydrogen-bond donors (Lipinski definition) is 1. The van der Waals surface area contributed by atoms with Crippen LogP contribution >= 0.6 is 11.8 Å². The first-order valence-electron chi connectivity index (χ1n) is 4.79. The quantitative estimate of drug-likeness (QED) is 0.732. The van der Waals surface area contributed by atoms with Gasteiger partial charge in [0.05, 0.1) is 18.3 Å². The summed E-state index contributed by atoms with van der Waals surface area (Å²) in [6.45, 7) is 3.85. The lowest BCUT2D eigenvalue weighted by molar-refractivity contribution is 0.181. The van der Waals surface area contributed by atoms with Crippen LogP contribution in [0.5, 0.6) is 0 Å². The zero-order chi connectivity index (χ0) is 10.4. The predicted octanol–water partition coefficient (Wildman–Crippen LogP) is 1.64. The molecule has 1 rings (SSSR count). The molecular weight excluding hydrogens is 200 g/mol. The summed E-state index contributed by atoms with van der Waals surface area (Å²) in [5, 5.41) is 12.9. The Morgan fingerprint density at radius 1 is 1.57 bits per heavy atom. The van der Waals surface area contributed by atoms with E-state index >= 15 is 0 Å². The fourth-order valence-electron chi connectivity index (χ4n) is 0.992. The van der Waals surface area contributed by atoms with Crippen molar-refractivity contribution in [2.75, 3.05) is 5.75 Å². The first-order chi connectivity index (χ1) is 6.72. The number of rotatable bonds is 6. The standard InChI is InChI=1S/C9H16N2O2S/c1-3-4-14-6-8-10-9(13-11-8)5-7(2)12/h7,12H,3-6H2,1-2H3. The molecule has 0 amide bonds. The monoisotopic (exact) mass is 216 g/mol. The van der Waals surface area contributed by atoms with E-state index in [2.05, 4.69) is 17.1 Å². The van der Waals surface area contributed by atoms with Crippen LogP contribution in [0.1, 0.15) is 32.0 Å². The van der Waals surface area contributed by atoms with E-state index < -0.39 is 6.10 Å². The van der Waals surface area contributed by atoms with Gasteiger partial charge < -0.3 is 9.63 Å². The van der Waals surface area contributed by atoms with Gasteiger partial charge in [-0.05, 0) is 19.1 Å². The van der Waals surface area contributed by atoms with Crippen molar-refractivity contribution in [2.24, 2.45) is 0 Å². The second-order valence-corrected chi connectivity index (χ2v) is 4.32. The minimum atomic E-state index is -0.424. The third-order valence-corrected chi connectivity index (χ3v) is 2.72. The van der Waals surface area contributed by atoms with Crippen molar-refractivity contribution in [2.45, 2.75) is 38.5 Å². The van der Waals surface area contributed by atoms with Gasteiger partial charge in [-0.2, -0.15) is 16.7 Å². The van der Waals surface area contributed by atoms with Gasteiger partial charge in [0.15, 0.2) is 5.82 Å². The molecule has 0 aromatic carbocycles. The molecule has 0 fully saturated rings. The topological polar surface area (TPSA) is 59.2 Å². The maximum atomic E-state index is 9.10. The van der Waals surface area contributed by atoms with Crippen LogP contribution in [0.3, 0.4) is 0 Å². The van der Waals surface area contributed by atoms with Crippen molar-refractivity contribution in [3.63, 3.8) is 0 Å². The average molecular weight is 216 g/mol. The van der Waals surface area contributed by atoms with Gasteiger partial charge in [0, 0.05) is 0 Å². The number of aliphatic hydroxyl groups is 1. The van der Waals surface area contributed by atoms with E-state index in [1.54, 1.807) is 18.7 Å². The Morgan fingerprint density at radius 3 is 3.00 bits per heavy atom. The Hall–Kier alpha value is -0.550. The molecule has 0 bridgehead atoms. The second-order valence-electron chi connectivity index (χ2n) is 3.21. The highest BCUT2D eigenvalue weighted by Gasteiger charge is 2.08. The van der Waals surface area contributed by atoms with Gasteiger partial charge in [0.1, 0.15) is 0 Å². The van der Waals surface area contributed by atoms with E-state index in [0.29, 0.717) is 12.3 Å². The van der Waals surface area contributed by atoms with Crippen LogP contribution in [0.4, 0.5) is 0 Å². The second kappa shape index (κ2) is 6.03. The Balaban J connectivity index is 2.35. The maximum Gasteiger partial charge on any atom is 0.229 e. The predicted molar refractivity (Wildman–Crippen MR) is 56.1 cm³/mol. The molecule has 0 saturated carbocycles. The average Bonchev–Trinajstić information content (AvgIpc) is 2.52. The van der Waals surface area contributed by atoms with Gasteiger partial charge in [-0.3, -0.25) is 0 Å². The highest BCUT2D eigenvalue weighted by atomic mass is 32.2. The van der Waals surface area contributed by atoms with Gasteiger partial charge >= 0.3 is 0 Å². The SMILES string of the molecule is CCCSCc1noc(CC(C)O)n1. The lowest BCUT2D eigenvalue weighted by Crippen LogP contribution is -2.04. The highest BCUT2D eigenvalue weighted by molar-refractivity contribution is 7.98. The first-order valence-corrected chi connectivity index (χ1v) is 5.95. The molecule has 0 spiro atoms. The number of aromatic nitrogens is 2. The van der Waals surface area contributed by atoms with E-state index in [1.807, 2.05) is 0 Å². The summed E-state index contributed by atoms with van der Waals surface area (Å²) >= 11 is 1.79. The van der Waals surface area contributed by atoms with Crippen molar-refractivity contribution in [3.8, 4) is 0 Å². The van der Waals surface area contributed by atoms with Crippen molar-refractivity contribution >= 4 is 11.8 Å². The smallest absolute Gasteiger partial charge is 0.229 e. The third kappa shape index (κ3) is 4.11. The molecule has 4 nitrogen and oxygen atoms in total. The molecule has 5 heteroatoms. The molecule has 14 heavy (non-hydrogen) atoms. The van der Waals surface area contributed by atoms with E-state index in [4.69, 9.17) is 9.63 Å². The minimum Gasteiger partial charge on any atom is -0.393 e. The number of nitrogens with zero attached hydrogens (tertiary/aromatic N) is 2. The van der Waals surface area contributed by atoms with Gasteiger partial charge in [0.25, 0.3) is 0 Å². The summed E-state index contributed by atoms with van der Waals surface area (Å²) in [4.78, 5) is 4.16. The number of hydrogen-bond acceptors (Lipinski definition) is 5. The van der Waals surface area contributed by atoms with Crippen LogP contribution in [0, 0.1) is 0 Å². The molecule has 1 unspecified atom stereocenters. The zero-order valence-electron chi connectivity index (χ0n) is 8.56. The number of aliphatic hydroxyl groups excluding tert-OH is 1. The molecule has 1 aromatic rings. The third-order valence-electron chi connectivity index (χ3n) is 1.56. The normalized spacial score (nSPS) is 13.1. The van der Waals surface area contributed by atoms with Crippen LogP contribution in [0.15, 0.2) is 4.52 Å². The minimum absolute atomic E-state index is 0.424. The Labute approximate surface area is 88.1 Å². The summed E-state index contributed by atoms with van der Waals surface area (Å²) in [5.41, 5.74) is 0. The molecule has 0 aliphatic carbocycles. The fraction of sp³-hybridized carbons (Fsp3) is 0.778. The largest absolute Gasteiger partial charge is 0.393 e. The molecule has 1 aromatic heterocycles. The van der Waals surface area contributed by atoms with Gasteiger partial charge in [-0.1, -0.05) is 12.1 Å². The van der Waals surface area contributed by atoms with Crippen LogP contribution in [0.25, 0.3) is 0 Å². The lowest BCUT2D eigenvalue weighted by atomic mass is 10.3. The molecule has 1 heterocycles. The maximum absolute atomic E-state index is 9.10. The van der Waals surface area contributed by atoms with Crippen LogP contribution in [-0.2, 0) is 12.2 Å². The Bertz CT molecular complexity index is 263. The summed E-state index contributed by atoms with van der Waals surface area (Å²) < 4.78 is 4.97. The summed E-state index contributed by atoms with van der Waals surface area (Å²) in [7, 11) is 0. The summed E-state index contributed by atoms with van der Waals surface area (Å²) in [6, 6.07) is 0. The van der Waals surface area contributed by atoms with Gasteiger partial charge in [0.2, 0.25) is 5.89 Å². The molecule has 1 atom stereocenters. The summed E-state index contributed by atoms with van der Waals surface area (Å²) in [5.74, 6) is 3.14. The number of thioether (sulfide) groups is 1. The molecular formula is C9H16N2O2S. The van der Waals surface area contributed by atoms with Gasteiger partial charge in [-0.15, -0.1) is 0 Å². The van der Waals surface area contributed by atoms with E-state index in [0.717, 1.165) is 23.8 Å². The lowest BCUT2D eigenvalue weighted by Gasteiger charge is -1.95. The zero-order valence-corrected chi connectivity index (χ0v) is 9.38. The Morgan fingerprint density at radius 2 is 2.36 bits per heavy atom. The highest BCUT2D eigenvalue weighted by Crippen LogP contribution is 2.10. The Kier molecular flexibility index (Phi) is 4.97. The van der Waals surface area contributed by atoms with E-state index in [1.165, 1.54) is 0 Å². The van der Waals surface area contributed by atoms with Crippen molar-refractivity contribution in [3.05, 3.63) is 11.7 Å². The van der Waals surface area contributed by atoms with Crippen molar-refractivity contribution in [1.82, 2.24) is 10.1 Å². The molecule has 0 aliphatic heterocycles. The fourth-order valence-corrected chi connectivity index (χ4v) is 1.73. The summed E-state index contributed by atoms with van der Waals surface area (Å²) in [6.07, 6.45) is 1.17. The molecule has 0 saturated heterocycles. The molecule has 80 valence electrons. The van der Waals surface area contributed by atoms with E-state index in [9.17, 15) is 0 Å². The van der Waals surface area contributed by atoms with E-state index in [-0.39, 0.29) is 0 Å². The first kappa shape index (κ1) is 11.5. The van der Waals surface area contributed by atoms with Crippen LogP contribution < -0.4 is 0 Å². The van der Waals surface area contributed by atoms with Crippen molar-refractivity contribution in [1.29, 1.82) is 0 Å². The molecule has 1 N–H and O–H groups in total. The van der Waals surface area contributed by atoms with Crippen LogP contribution in [-0.4, -0.2) is 27.1 Å². The molecule has 0 radical (unpaired) electrons. The molecule has 0 aliphatic rings.